The van der Waals surface area contributed by atoms with Gasteiger partial charge in [0.2, 0.25) is 0 Å². The van der Waals surface area contributed by atoms with E-state index in [0.29, 0.717) is 60.4 Å². The van der Waals surface area contributed by atoms with E-state index in [1.165, 1.54) is 33.5 Å². The third-order valence-electron chi connectivity index (χ3n) is 6.27. The zero-order valence-electron chi connectivity index (χ0n) is 19.4. The molecule has 2 aromatic carbocycles. The van der Waals surface area contributed by atoms with Crippen molar-refractivity contribution in [2.45, 2.75) is 25.9 Å². The fraction of sp³-hybridized carbons (Fsp3) is 0.280. The molecule has 0 radical (unpaired) electrons. The smallest absolute Gasteiger partial charge is 0.350 e. The monoisotopic (exact) mass is 479 g/mol. The van der Waals surface area contributed by atoms with Gasteiger partial charge in [-0.15, -0.1) is 5.10 Å². The molecule has 0 saturated carbocycles. The van der Waals surface area contributed by atoms with Gasteiger partial charge in [0.15, 0.2) is 5.82 Å². The third kappa shape index (κ3) is 3.94. The Hall–Kier alpha value is -3.76. The molecular formula is C25H27F2N7O. The van der Waals surface area contributed by atoms with Gasteiger partial charge in [-0.3, -0.25) is 0 Å². The van der Waals surface area contributed by atoms with E-state index in [2.05, 4.69) is 5.10 Å². The molecule has 0 aliphatic rings. The molecule has 4 N–H and O–H groups in total. The first kappa shape index (κ1) is 23.0. The molecule has 35 heavy (non-hydrogen) atoms. The first-order chi connectivity index (χ1) is 16.9. The van der Waals surface area contributed by atoms with Crippen LogP contribution in [0.5, 0.6) is 0 Å². The highest BCUT2D eigenvalue weighted by atomic mass is 19.1. The van der Waals surface area contributed by atoms with Gasteiger partial charge < -0.3 is 20.6 Å². The van der Waals surface area contributed by atoms with Crippen molar-refractivity contribution in [3.63, 3.8) is 0 Å². The number of aromatic nitrogens is 5. The lowest BCUT2D eigenvalue weighted by Crippen LogP contribution is -2.25. The van der Waals surface area contributed by atoms with Crippen LogP contribution >= 0.6 is 0 Å². The highest BCUT2D eigenvalue weighted by Crippen LogP contribution is 2.33. The quantitative estimate of drug-likeness (QED) is 0.357. The fourth-order valence-corrected chi connectivity index (χ4v) is 4.60. The van der Waals surface area contributed by atoms with Crippen LogP contribution in [0.4, 0.5) is 8.78 Å². The van der Waals surface area contributed by atoms with Gasteiger partial charge in [-0.05, 0) is 62.3 Å². The Morgan fingerprint density at radius 3 is 2.26 bits per heavy atom. The molecule has 182 valence electrons. The van der Waals surface area contributed by atoms with Crippen LogP contribution in [0.1, 0.15) is 12.8 Å². The number of hydrogen-bond donors (Lipinski definition) is 2. The van der Waals surface area contributed by atoms with E-state index in [1.807, 2.05) is 28.6 Å². The SMILES string of the molecule is Cn1cc(-c2nn(CCCN)c(=O)n2-c2cn(CCCN)c3ccc(F)cc23)c2cc(F)ccc21. The van der Waals surface area contributed by atoms with Gasteiger partial charge in [0, 0.05) is 54.4 Å². The molecule has 5 rings (SSSR count). The summed E-state index contributed by atoms with van der Waals surface area (Å²) in [6.07, 6.45) is 4.93. The number of aryl methyl sites for hydroxylation is 3. The largest absolute Gasteiger partial charge is 0.350 e. The van der Waals surface area contributed by atoms with E-state index in [1.54, 1.807) is 12.1 Å². The van der Waals surface area contributed by atoms with E-state index in [4.69, 9.17) is 11.5 Å². The summed E-state index contributed by atoms with van der Waals surface area (Å²) in [5, 5.41) is 5.85. The van der Waals surface area contributed by atoms with Crippen LogP contribution in [0.15, 0.2) is 53.6 Å². The van der Waals surface area contributed by atoms with E-state index in [9.17, 15) is 13.6 Å². The van der Waals surface area contributed by atoms with Gasteiger partial charge in [-0.25, -0.2) is 22.8 Å². The number of nitrogens with zero attached hydrogens (tertiary/aromatic N) is 5. The maximum absolute atomic E-state index is 14.3. The Bertz CT molecular complexity index is 1590. The molecule has 0 spiro atoms. The van der Waals surface area contributed by atoms with Crippen molar-refractivity contribution in [3.05, 3.63) is 70.9 Å². The predicted molar refractivity (Wildman–Crippen MR) is 132 cm³/mol. The molecule has 5 aromatic rings. The van der Waals surface area contributed by atoms with Crippen molar-refractivity contribution in [1.82, 2.24) is 23.5 Å². The molecule has 0 aliphatic heterocycles. The van der Waals surface area contributed by atoms with E-state index >= 15 is 0 Å². The van der Waals surface area contributed by atoms with Gasteiger partial charge in [-0.1, -0.05) is 0 Å². The Morgan fingerprint density at radius 2 is 1.54 bits per heavy atom. The molecule has 0 bridgehead atoms. The highest BCUT2D eigenvalue weighted by molar-refractivity contribution is 5.96. The number of hydrogen-bond acceptors (Lipinski definition) is 4. The number of rotatable bonds is 8. The lowest BCUT2D eigenvalue weighted by molar-refractivity contribution is 0.563. The summed E-state index contributed by atoms with van der Waals surface area (Å²) in [7, 11) is 1.85. The Morgan fingerprint density at radius 1 is 0.886 bits per heavy atom. The summed E-state index contributed by atoms with van der Waals surface area (Å²) in [4.78, 5) is 13.6. The second kappa shape index (κ2) is 9.12. The normalized spacial score (nSPS) is 11.8. The van der Waals surface area contributed by atoms with Crippen LogP contribution in [0.25, 0.3) is 38.9 Å². The Labute approximate surface area is 200 Å². The summed E-state index contributed by atoms with van der Waals surface area (Å²) in [6.45, 7) is 1.84. The first-order valence-corrected chi connectivity index (χ1v) is 11.6. The number of halogens is 2. The molecule has 0 saturated heterocycles. The van der Waals surface area contributed by atoms with Crippen molar-refractivity contribution >= 4 is 21.8 Å². The van der Waals surface area contributed by atoms with Crippen LogP contribution in [0.3, 0.4) is 0 Å². The maximum Gasteiger partial charge on any atom is 0.350 e. The van der Waals surface area contributed by atoms with Crippen LogP contribution < -0.4 is 17.2 Å². The van der Waals surface area contributed by atoms with Crippen LogP contribution in [-0.2, 0) is 20.1 Å². The topological polar surface area (TPSA) is 102 Å². The zero-order chi connectivity index (χ0) is 24.7. The van der Waals surface area contributed by atoms with Gasteiger partial charge in [0.1, 0.15) is 11.6 Å². The fourth-order valence-electron chi connectivity index (χ4n) is 4.60. The van der Waals surface area contributed by atoms with Crippen molar-refractivity contribution in [3.8, 4) is 17.1 Å². The lowest BCUT2D eigenvalue weighted by atomic mass is 10.1. The lowest BCUT2D eigenvalue weighted by Gasteiger charge is -2.04. The average molecular weight is 480 g/mol. The Kier molecular flexibility index (Phi) is 6.00. The highest BCUT2D eigenvalue weighted by Gasteiger charge is 2.23. The van der Waals surface area contributed by atoms with Crippen LogP contribution in [0, 0.1) is 11.6 Å². The summed E-state index contributed by atoms with van der Waals surface area (Å²) < 4.78 is 35.2. The third-order valence-corrected chi connectivity index (χ3v) is 6.27. The molecule has 3 heterocycles. The predicted octanol–water partition coefficient (Wildman–Crippen LogP) is 3.12. The van der Waals surface area contributed by atoms with Crippen molar-refractivity contribution < 1.29 is 8.78 Å². The van der Waals surface area contributed by atoms with E-state index in [0.717, 1.165) is 17.5 Å². The number of fused-ring (bicyclic) bond motifs is 2. The first-order valence-electron chi connectivity index (χ1n) is 11.6. The van der Waals surface area contributed by atoms with Crippen LogP contribution in [0.2, 0.25) is 0 Å². The molecule has 0 fully saturated rings. The summed E-state index contributed by atoms with van der Waals surface area (Å²) in [6, 6.07) is 9.03. The molecular weight excluding hydrogens is 452 g/mol. The summed E-state index contributed by atoms with van der Waals surface area (Å²) in [5.74, 6) is -0.445. The summed E-state index contributed by atoms with van der Waals surface area (Å²) in [5.41, 5.74) is 13.7. The molecule has 8 nitrogen and oxygen atoms in total. The number of nitrogens with two attached hydrogens (primary N) is 2. The minimum atomic E-state index is -0.410. The standard InChI is InChI=1S/C25H27F2N7O/c1-31-14-20(18-12-16(26)4-6-21(18)31)24-30-33(11-3-9-29)25(35)34(24)23-15-32(10-2-8-28)22-7-5-17(27)13-19(22)23/h4-7,12-15H,2-3,8-11,28-29H2,1H3. The van der Waals surface area contributed by atoms with Crippen molar-refractivity contribution in [2.24, 2.45) is 18.5 Å². The Balaban J connectivity index is 1.82. The molecule has 3 aromatic heterocycles. The van der Waals surface area contributed by atoms with Gasteiger partial charge in [0.05, 0.1) is 11.2 Å². The van der Waals surface area contributed by atoms with Crippen molar-refractivity contribution in [2.75, 3.05) is 13.1 Å². The van der Waals surface area contributed by atoms with E-state index in [-0.39, 0.29) is 11.5 Å². The second-order valence-electron chi connectivity index (χ2n) is 8.63. The van der Waals surface area contributed by atoms with Gasteiger partial charge in [0.25, 0.3) is 0 Å². The van der Waals surface area contributed by atoms with E-state index < -0.39 is 5.82 Å². The second-order valence-corrected chi connectivity index (χ2v) is 8.63. The number of benzene rings is 2. The molecule has 0 amide bonds. The van der Waals surface area contributed by atoms with Gasteiger partial charge >= 0.3 is 5.69 Å². The van der Waals surface area contributed by atoms with Crippen LogP contribution in [-0.4, -0.2) is 36.6 Å². The average Bonchev–Trinajstić information content (AvgIpc) is 3.46. The molecule has 0 atom stereocenters. The maximum atomic E-state index is 14.3. The molecule has 0 unspecified atom stereocenters. The summed E-state index contributed by atoms with van der Waals surface area (Å²) >= 11 is 0. The zero-order valence-corrected chi connectivity index (χ0v) is 19.4. The molecule has 10 heteroatoms. The van der Waals surface area contributed by atoms with Crippen molar-refractivity contribution in [1.29, 1.82) is 0 Å². The van der Waals surface area contributed by atoms with Gasteiger partial charge in [-0.2, -0.15) is 0 Å². The molecule has 0 aliphatic carbocycles. The minimum absolute atomic E-state index is 0.328. The minimum Gasteiger partial charge on any atom is -0.350 e.